The Kier molecular flexibility index (Phi) is 8.18. The number of halogens is 1. The zero-order chi connectivity index (χ0) is 31.0. The van der Waals surface area contributed by atoms with Crippen molar-refractivity contribution in [3.05, 3.63) is 130 Å². The fourth-order valence-electron chi connectivity index (χ4n) is 8.73. The normalized spacial score (nSPS) is 20.1. The Morgan fingerprint density at radius 1 is 0.711 bits per heavy atom. The predicted octanol–water partition coefficient (Wildman–Crippen LogP) is 9.88. The van der Waals surface area contributed by atoms with Crippen molar-refractivity contribution in [2.75, 3.05) is 19.0 Å². The summed E-state index contributed by atoms with van der Waals surface area (Å²) >= 11 is 7.03. The van der Waals surface area contributed by atoms with Crippen LogP contribution in [0.4, 0.5) is 11.4 Å². The first kappa shape index (κ1) is 30.0. The van der Waals surface area contributed by atoms with Gasteiger partial charge in [-0.2, -0.15) is 4.58 Å². The maximum atomic E-state index is 7.42. The number of hydrogen-bond acceptors (Lipinski definition) is 2. The van der Waals surface area contributed by atoms with Gasteiger partial charge in [0.15, 0.2) is 0 Å². The van der Waals surface area contributed by atoms with Crippen molar-refractivity contribution < 1.29 is 4.58 Å². The van der Waals surface area contributed by atoms with E-state index in [1.165, 1.54) is 85.2 Å². The molecule has 1 aliphatic heterocycles. The summed E-state index contributed by atoms with van der Waals surface area (Å²) < 4.78 is 2.33. The van der Waals surface area contributed by atoms with Crippen LogP contribution in [0.3, 0.4) is 0 Å². The molecule has 0 radical (unpaired) electrons. The minimum atomic E-state index is -0.137. The second-order valence-corrected chi connectivity index (χ2v) is 13.8. The predicted molar refractivity (Wildman–Crippen MR) is 191 cm³/mol. The van der Waals surface area contributed by atoms with Crippen LogP contribution < -0.4 is 10.6 Å². The first-order chi connectivity index (χ1) is 21.9. The lowest BCUT2D eigenvalue weighted by Crippen LogP contribution is -2.69. The second kappa shape index (κ2) is 12.3. The molecule has 2 aliphatic carbocycles. The Balaban J connectivity index is 1.39. The number of fused-ring (bicyclic) bond motifs is 1. The molecule has 0 unspecified atom stereocenters. The largest absolute Gasteiger partial charge is 0.367 e. The third kappa shape index (κ3) is 5.15. The topological polar surface area (TPSA) is 32.3 Å². The molecule has 3 aliphatic rings. The highest BCUT2D eigenvalue weighted by Crippen LogP contribution is 2.49. The monoisotopic (exact) mass is 614 g/mol. The van der Waals surface area contributed by atoms with Crippen LogP contribution in [0.1, 0.15) is 86.5 Å². The maximum absolute atomic E-state index is 7.42. The van der Waals surface area contributed by atoms with Crippen LogP contribution in [0.25, 0.3) is 11.1 Å². The molecule has 2 N–H and O–H groups in total. The average molecular weight is 615 g/mol. The van der Waals surface area contributed by atoms with Crippen molar-refractivity contribution in [1.82, 2.24) is 0 Å². The number of nitrogens with two attached hydrogens (primary N) is 1. The van der Waals surface area contributed by atoms with E-state index in [1.807, 2.05) is 12.1 Å². The molecule has 1 heterocycles. The molecular formula is C41H45ClN3+. The van der Waals surface area contributed by atoms with Crippen LogP contribution in [-0.2, 0) is 0 Å². The van der Waals surface area contributed by atoms with Gasteiger partial charge in [-0.1, -0.05) is 111 Å². The van der Waals surface area contributed by atoms with E-state index in [0.29, 0.717) is 0 Å². The summed E-state index contributed by atoms with van der Waals surface area (Å²) in [5, 5.41) is 0.754. The smallest absolute Gasteiger partial charge is 0.221 e. The number of likely N-dealkylation sites (N-methyl/N-ethyl adjacent to an activating group) is 1. The van der Waals surface area contributed by atoms with Crippen molar-refractivity contribution in [1.29, 1.82) is 0 Å². The molecule has 0 bridgehead atoms. The van der Waals surface area contributed by atoms with Crippen LogP contribution in [0.15, 0.2) is 103 Å². The molecule has 2 saturated carbocycles. The van der Waals surface area contributed by atoms with Crippen LogP contribution in [0, 0.1) is 0 Å². The fraction of sp³-hybridized carbons (Fsp3) is 0.341. The van der Waals surface area contributed by atoms with Gasteiger partial charge in [0.1, 0.15) is 7.05 Å². The lowest BCUT2D eigenvalue weighted by atomic mass is 9.61. The molecule has 0 atom stereocenters. The third-order valence-electron chi connectivity index (χ3n) is 11.1. The van der Waals surface area contributed by atoms with Crippen molar-refractivity contribution in [2.24, 2.45) is 5.73 Å². The van der Waals surface area contributed by atoms with E-state index in [9.17, 15) is 0 Å². The number of rotatable bonds is 6. The number of anilines is 1. The van der Waals surface area contributed by atoms with Crippen LogP contribution >= 0.6 is 11.6 Å². The van der Waals surface area contributed by atoms with Crippen molar-refractivity contribution in [3.8, 4) is 0 Å². The van der Waals surface area contributed by atoms with Crippen LogP contribution in [0.2, 0.25) is 5.02 Å². The summed E-state index contributed by atoms with van der Waals surface area (Å²) in [6.07, 6.45) is 12.2. The summed E-state index contributed by atoms with van der Waals surface area (Å²) in [7, 11) is 4.48. The fourth-order valence-corrected chi connectivity index (χ4v) is 8.96. The molecule has 4 heteroatoms. The number of para-hydroxylation sites is 1. The summed E-state index contributed by atoms with van der Waals surface area (Å²) in [5.74, 6) is 0. The molecule has 230 valence electrons. The van der Waals surface area contributed by atoms with E-state index in [0.717, 1.165) is 34.6 Å². The molecule has 0 aromatic heterocycles. The standard InChI is InChI=1S/C41H45ClN3/c1-44-36-21-11-9-19-34(36)38(39(44)31-16-6-3-7-17-31)37(33-18-8-10-20-35(33)42)30-22-24-32(25-23-30)45(2)41(28-14-5-15-29-41)40(43)26-12-4-13-27-40/h3,6-11,16-25H,4-5,12-15,26-29,43H2,1-2H3/q+1. The SMILES string of the molecule is CN(c1ccc(C(=C2C(c3ccccc3)=[N+](C)c3ccccc32)c2ccccc2Cl)cc1)C1(C2(N)CCCCC2)CCCCC1. The van der Waals surface area contributed by atoms with E-state index in [2.05, 4.69) is 115 Å². The molecule has 0 saturated heterocycles. The first-order valence-electron chi connectivity index (χ1n) is 16.8. The molecule has 0 spiro atoms. The Morgan fingerprint density at radius 3 is 2.00 bits per heavy atom. The minimum Gasteiger partial charge on any atom is -0.367 e. The Hall–Kier alpha value is -3.66. The van der Waals surface area contributed by atoms with Gasteiger partial charge in [0, 0.05) is 46.1 Å². The van der Waals surface area contributed by atoms with E-state index < -0.39 is 0 Å². The Morgan fingerprint density at radius 2 is 1.31 bits per heavy atom. The molecule has 4 aromatic rings. The minimum absolute atomic E-state index is 0.00141. The molecule has 0 amide bonds. The quantitative estimate of drug-likeness (QED) is 0.219. The maximum Gasteiger partial charge on any atom is 0.221 e. The van der Waals surface area contributed by atoms with Crippen molar-refractivity contribution in [3.63, 3.8) is 0 Å². The first-order valence-corrected chi connectivity index (χ1v) is 17.2. The van der Waals surface area contributed by atoms with Gasteiger partial charge in [-0.3, -0.25) is 0 Å². The van der Waals surface area contributed by atoms with Crippen LogP contribution in [0.5, 0.6) is 0 Å². The molecular weight excluding hydrogens is 570 g/mol. The summed E-state index contributed by atoms with van der Waals surface area (Å²) in [5.41, 5.74) is 17.9. The van der Waals surface area contributed by atoms with Gasteiger partial charge in [-0.15, -0.1) is 0 Å². The summed E-state index contributed by atoms with van der Waals surface area (Å²) in [4.78, 5) is 2.57. The highest BCUT2D eigenvalue weighted by atomic mass is 35.5. The molecule has 3 nitrogen and oxygen atoms in total. The Labute approximate surface area is 274 Å². The number of benzene rings is 4. The molecule has 2 fully saturated rings. The number of allylic oxidation sites excluding steroid dienone is 1. The Bertz CT molecular complexity index is 1740. The molecule has 45 heavy (non-hydrogen) atoms. The van der Waals surface area contributed by atoms with Gasteiger partial charge >= 0.3 is 0 Å². The van der Waals surface area contributed by atoms with E-state index >= 15 is 0 Å². The highest BCUT2D eigenvalue weighted by molar-refractivity contribution is 6.40. The lowest BCUT2D eigenvalue weighted by molar-refractivity contribution is -0.400. The second-order valence-electron chi connectivity index (χ2n) is 13.4. The van der Waals surface area contributed by atoms with E-state index in [1.54, 1.807) is 0 Å². The van der Waals surface area contributed by atoms with Crippen molar-refractivity contribution >= 4 is 39.8 Å². The zero-order valence-corrected chi connectivity index (χ0v) is 27.5. The lowest BCUT2D eigenvalue weighted by Gasteiger charge is -2.58. The van der Waals surface area contributed by atoms with Gasteiger partial charge in [0.05, 0.1) is 16.7 Å². The average Bonchev–Trinajstić information content (AvgIpc) is 3.38. The highest BCUT2D eigenvalue weighted by Gasteiger charge is 2.52. The van der Waals surface area contributed by atoms with Crippen molar-refractivity contribution in [2.45, 2.75) is 75.3 Å². The van der Waals surface area contributed by atoms with Gasteiger partial charge in [-0.25, -0.2) is 0 Å². The van der Waals surface area contributed by atoms with Crippen LogP contribution in [-0.4, -0.2) is 35.5 Å². The summed E-state index contributed by atoms with van der Waals surface area (Å²) in [6, 6.07) is 37.0. The molecule has 7 rings (SSSR count). The van der Waals surface area contributed by atoms with E-state index in [-0.39, 0.29) is 11.1 Å². The van der Waals surface area contributed by atoms with Gasteiger partial charge in [0.25, 0.3) is 0 Å². The van der Waals surface area contributed by atoms with E-state index in [4.69, 9.17) is 17.3 Å². The van der Waals surface area contributed by atoms with Gasteiger partial charge in [0.2, 0.25) is 11.4 Å². The van der Waals surface area contributed by atoms with Gasteiger partial charge < -0.3 is 10.6 Å². The number of nitrogens with zero attached hydrogens (tertiary/aromatic N) is 2. The summed E-state index contributed by atoms with van der Waals surface area (Å²) in [6.45, 7) is 0. The zero-order valence-electron chi connectivity index (χ0n) is 26.7. The third-order valence-corrected chi connectivity index (χ3v) is 11.4. The van der Waals surface area contributed by atoms with Gasteiger partial charge in [-0.05, 0) is 67.6 Å². The number of hydrogen-bond donors (Lipinski definition) is 1. The molecule has 4 aromatic carbocycles.